The zero-order chi connectivity index (χ0) is 13.1. The molecule has 0 rings (SSSR count). The zero-order valence-electron chi connectivity index (χ0n) is 11.9. The summed E-state index contributed by atoms with van der Waals surface area (Å²) in [7, 11) is 0. The van der Waals surface area contributed by atoms with Crippen molar-refractivity contribution in [2.24, 2.45) is 5.92 Å². The van der Waals surface area contributed by atoms with Crippen LogP contribution in [0.1, 0.15) is 66.2 Å². The molecule has 0 N–H and O–H groups in total. The first-order valence-electron chi connectivity index (χ1n) is 6.93. The van der Waals surface area contributed by atoms with Gasteiger partial charge in [-0.1, -0.05) is 39.3 Å². The van der Waals surface area contributed by atoms with Gasteiger partial charge in [0.25, 0.3) is 0 Å². The van der Waals surface area contributed by atoms with Crippen molar-refractivity contribution in [2.45, 2.75) is 66.2 Å². The van der Waals surface area contributed by atoms with Crippen molar-refractivity contribution in [2.75, 3.05) is 6.61 Å². The average molecular weight is 240 g/mol. The second-order valence-electron chi connectivity index (χ2n) is 4.88. The van der Waals surface area contributed by atoms with E-state index in [-0.39, 0.29) is 5.97 Å². The Hall–Kier alpha value is -0.790. The predicted molar refractivity (Wildman–Crippen MR) is 72.9 cm³/mol. The van der Waals surface area contributed by atoms with Crippen molar-refractivity contribution in [3.05, 3.63) is 11.6 Å². The van der Waals surface area contributed by atoms with E-state index in [0.717, 1.165) is 32.1 Å². The summed E-state index contributed by atoms with van der Waals surface area (Å²) in [6, 6.07) is 0. The number of esters is 1. The Bertz CT molecular complexity index is 229. The Morgan fingerprint density at radius 2 is 1.94 bits per heavy atom. The smallest absolute Gasteiger partial charge is 0.305 e. The Balaban J connectivity index is 3.60. The zero-order valence-corrected chi connectivity index (χ0v) is 11.9. The Labute approximate surface area is 106 Å². The summed E-state index contributed by atoms with van der Waals surface area (Å²) in [6.45, 7) is 9.16. The Morgan fingerprint density at radius 1 is 1.24 bits per heavy atom. The maximum Gasteiger partial charge on any atom is 0.305 e. The highest BCUT2D eigenvalue weighted by Gasteiger charge is 2.04. The minimum Gasteiger partial charge on any atom is -0.466 e. The van der Waals surface area contributed by atoms with Crippen molar-refractivity contribution >= 4 is 5.97 Å². The van der Waals surface area contributed by atoms with Gasteiger partial charge >= 0.3 is 5.97 Å². The van der Waals surface area contributed by atoms with E-state index in [1.807, 2.05) is 0 Å². The molecule has 0 heterocycles. The summed E-state index contributed by atoms with van der Waals surface area (Å²) < 4.78 is 5.17. The first kappa shape index (κ1) is 16.2. The summed E-state index contributed by atoms with van der Waals surface area (Å²) in [5, 5.41) is 0. The van der Waals surface area contributed by atoms with E-state index >= 15 is 0 Å². The SMILES string of the molecule is CCC=C(CC)CCCC(=O)OCCC(C)C. The Kier molecular flexibility index (Phi) is 9.89. The third-order valence-corrected chi connectivity index (χ3v) is 2.78. The number of carbonyl (C=O) groups is 1. The van der Waals surface area contributed by atoms with Crippen LogP contribution < -0.4 is 0 Å². The van der Waals surface area contributed by atoms with Gasteiger partial charge in [0.15, 0.2) is 0 Å². The lowest BCUT2D eigenvalue weighted by molar-refractivity contribution is -0.144. The molecule has 2 heteroatoms. The topological polar surface area (TPSA) is 26.3 Å². The summed E-state index contributed by atoms with van der Waals surface area (Å²) in [5.74, 6) is 0.555. The molecule has 0 unspecified atom stereocenters. The van der Waals surface area contributed by atoms with Gasteiger partial charge in [-0.15, -0.1) is 0 Å². The monoisotopic (exact) mass is 240 g/mol. The minimum absolute atomic E-state index is 0.0439. The number of allylic oxidation sites excluding steroid dienone is 2. The molecule has 0 fully saturated rings. The second-order valence-corrected chi connectivity index (χ2v) is 4.88. The van der Waals surface area contributed by atoms with Crippen molar-refractivity contribution in [1.29, 1.82) is 0 Å². The van der Waals surface area contributed by atoms with Gasteiger partial charge in [-0.25, -0.2) is 0 Å². The van der Waals surface area contributed by atoms with Crippen molar-refractivity contribution in [3.63, 3.8) is 0 Å². The van der Waals surface area contributed by atoms with Gasteiger partial charge in [-0.3, -0.25) is 4.79 Å². The molecule has 0 amide bonds. The molecule has 0 aliphatic carbocycles. The molecule has 0 saturated heterocycles. The lowest BCUT2D eigenvalue weighted by atomic mass is 10.1. The molecule has 0 atom stereocenters. The van der Waals surface area contributed by atoms with E-state index < -0.39 is 0 Å². The minimum atomic E-state index is -0.0439. The fourth-order valence-electron chi connectivity index (χ4n) is 1.65. The molecular formula is C15H28O2. The van der Waals surface area contributed by atoms with Gasteiger partial charge in [0.1, 0.15) is 0 Å². The molecule has 0 spiro atoms. The number of rotatable bonds is 9. The molecule has 0 bridgehead atoms. The van der Waals surface area contributed by atoms with Crippen LogP contribution in [-0.4, -0.2) is 12.6 Å². The molecule has 0 saturated carbocycles. The maximum absolute atomic E-state index is 11.4. The average Bonchev–Trinajstić information content (AvgIpc) is 2.27. The molecule has 0 aromatic rings. The van der Waals surface area contributed by atoms with Crippen LogP contribution in [0.25, 0.3) is 0 Å². The first-order chi connectivity index (χ1) is 8.10. The molecule has 0 aliphatic heterocycles. The largest absolute Gasteiger partial charge is 0.466 e. The van der Waals surface area contributed by atoms with E-state index in [9.17, 15) is 4.79 Å². The van der Waals surface area contributed by atoms with E-state index in [4.69, 9.17) is 4.74 Å². The van der Waals surface area contributed by atoms with Crippen molar-refractivity contribution < 1.29 is 9.53 Å². The van der Waals surface area contributed by atoms with Crippen LogP contribution in [0.2, 0.25) is 0 Å². The van der Waals surface area contributed by atoms with Crippen LogP contribution in [0.4, 0.5) is 0 Å². The fraction of sp³-hybridized carbons (Fsp3) is 0.800. The predicted octanol–water partition coefficient (Wildman–Crippen LogP) is 4.49. The van der Waals surface area contributed by atoms with Gasteiger partial charge in [-0.2, -0.15) is 0 Å². The van der Waals surface area contributed by atoms with Gasteiger partial charge in [0.05, 0.1) is 6.61 Å². The highest BCUT2D eigenvalue weighted by molar-refractivity contribution is 5.69. The molecule has 0 aliphatic rings. The number of hydrogen-bond acceptors (Lipinski definition) is 2. The third kappa shape index (κ3) is 10.1. The lowest BCUT2D eigenvalue weighted by Gasteiger charge is -2.07. The van der Waals surface area contributed by atoms with E-state index in [0.29, 0.717) is 18.9 Å². The van der Waals surface area contributed by atoms with Crippen LogP contribution in [0.3, 0.4) is 0 Å². The second kappa shape index (κ2) is 10.4. The Morgan fingerprint density at radius 3 is 2.47 bits per heavy atom. The molecule has 17 heavy (non-hydrogen) atoms. The first-order valence-corrected chi connectivity index (χ1v) is 6.93. The molecule has 2 nitrogen and oxygen atoms in total. The quantitative estimate of drug-likeness (QED) is 0.438. The lowest BCUT2D eigenvalue weighted by Crippen LogP contribution is -2.07. The van der Waals surface area contributed by atoms with Gasteiger partial charge in [0.2, 0.25) is 0 Å². The number of hydrogen-bond donors (Lipinski definition) is 0. The molecule has 0 aromatic carbocycles. The van der Waals surface area contributed by atoms with Crippen LogP contribution in [0, 0.1) is 5.92 Å². The van der Waals surface area contributed by atoms with E-state index in [1.54, 1.807) is 0 Å². The van der Waals surface area contributed by atoms with Crippen LogP contribution in [-0.2, 0) is 9.53 Å². The highest BCUT2D eigenvalue weighted by Crippen LogP contribution is 2.12. The van der Waals surface area contributed by atoms with Gasteiger partial charge in [0, 0.05) is 6.42 Å². The third-order valence-electron chi connectivity index (χ3n) is 2.78. The summed E-state index contributed by atoms with van der Waals surface area (Å²) in [5.41, 5.74) is 1.46. The summed E-state index contributed by atoms with van der Waals surface area (Å²) in [4.78, 5) is 11.4. The van der Waals surface area contributed by atoms with Crippen LogP contribution in [0.15, 0.2) is 11.6 Å². The molecule has 100 valence electrons. The number of ether oxygens (including phenoxy) is 1. The maximum atomic E-state index is 11.4. The van der Waals surface area contributed by atoms with Crippen molar-refractivity contribution in [1.82, 2.24) is 0 Å². The highest BCUT2D eigenvalue weighted by atomic mass is 16.5. The summed E-state index contributed by atoms with van der Waals surface area (Å²) in [6.07, 6.45) is 7.91. The number of carbonyl (C=O) groups excluding carboxylic acids is 1. The fourth-order valence-corrected chi connectivity index (χ4v) is 1.65. The molecule has 0 radical (unpaired) electrons. The standard InChI is InChI=1S/C15H28O2/c1-5-8-14(6-2)9-7-10-15(16)17-12-11-13(3)4/h8,13H,5-7,9-12H2,1-4H3. The van der Waals surface area contributed by atoms with Crippen molar-refractivity contribution in [3.8, 4) is 0 Å². The van der Waals surface area contributed by atoms with Crippen LogP contribution >= 0.6 is 0 Å². The summed E-state index contributed by atoms with van der Waals surface area (Å²) >= 11 is 0. The molecular weight excluding hydrogens is 212 g/mol. The van der Waals surface area contributed by atoms with Crippen LogP contribution in [0.5, 0.6) is 0 Å². The van der Waals surface area contributed by atoms with E-state index in [1.165, 1.54) is 5.57 Å². The van der Waals surface area contributed by atoms with Gasteiger partial charge in [-0.05, 0) is 38.0 Å². The normalized spacial score (nSPS) is 11.9. The van der Waals surface area contributed by atoms with Gasteiger partial charge < -0.3 is 4.74 Å². The molecule has 0 aromatic heterocycles. The van der Waals surface area contributed by atoms with E-state index in [2.05, 4.69) is 33.8 Å².